The van der Waals surface area contributed by atoms with E-state index in [9.17, 15) is 9.90 Å². The molecular formula is C15H21N5O2. The summed E-state index contributed by atoms with van der Waals surface area (Å²) < 4.78 is 1.45. The molecule has 0 radical (unpaired) electrons. The number of aromatic nitrogens is 4. The molecule has 22 heavy (non-hydrogen) atoms. The molecule has 1 atom stereocenters. The first-order valence-electron chi connectivity index (χ1n) is 7.10. The van der Waals surface area contributed by atoms with Crippen LogP contribution in [0, 0.1) is 0 Å². The number of amides is 1. The van der Waals surface area contributed by atoms with E-state index in [4.69, 9.17) is 0 Å². The van der Waals surface area contributed by atoms with Gasteiger partial charge in [0.25, 0.3) is 0 Å². The van der Waals surface area contributed by atoms with Crippen molar-refractivity contribution in [1.29, 1.82) is 0 Å². The average Bonchev–Trinajstić information content (AvgIpc) is 2.97. The molecule has 0 aliphatic rings. The quantitative estimate of drug-likeness (QED) is 0.848. The summed E-state index contributed by atoms with van der Waals surface area (Å²) in [6.45, 7) is 3.57. The molecule has 1 amide bonds. The van der Waals surface area contributed by atoms with Crippen molar-refractivity contribution in [2.75, 3.05) is 13.6 Å². The number of aliphatic hydroxyl groups is 1. The Hall–Kier alpha value is -2.28. The maximum atomic E-state index is 12.7. The van der Waals surface area contributed by atoms with Crippen LogP contribution in [0.3, 0.4) is 0 Å². The summed E-state index contributed by atoms with van der Waals surface area (Å²) in [5.74, 6) is -0.140. The van der Waals surface area contributed by atoms with Gasteiger partial charge in [-0.05, 0) is 29.8 Å². The minimum absolute atomic E-state index is 0.140. The summed E-state index contributed by atoms with van der Waals surface area (Å²) in [6, 6.07) is 9.16. The Kier molecular flexibility index (Phi) is 4.87. The topological polar surface area (TPSA) is 84.1 Å². The number of benzene rings is 1. The Morgan fingerprint density at radius 3 is 2.59 bits per heavy atom. The van der Waals surface area contributed by atoms with Crippen LogP contribution in [-0.4, -0.2) is 55.3 Å². The summed E-state index contributed by atoms with van der Waals surface area (Å²) in [5.41, 5.74) is 0.0653. The highest BCUT2D eigenvalue weighted by Gasteiger charge is 2.28. The molecule has 0 aliphatic heterocycles. The van der Waals surface area contributed by atoms with E-state index in [1.165, 1.54) is 15.9 Å². The van der Waals surface area contributed by atoms with Crippen molar-refractivity contribution < 1.29 is 9.90 Å². The van der Waals surface area contributed by atoms with Gasteiger partial charge >= 0.3 is 0 Å². The van der Waals surface area contributed by atoms with Crippen LogP contribution in [0.4, 0.5) is 0 Å². The first kappa shape index (κ1) is 16.1. The molecule has 1 heterocycles. The van der Waals surface area contributed by atoms with Crippen molar-refractivity contribution in [2.24, 2.45) is 0 Å². The standard InChI is InChI=1S/C15H21N5O2/c1-15(2,22)10-19(3)14(21)13(20-11-16-17-18-20)9-12-7-5-4-6-8-12/h4-8,11,13,22H,9-10H2,1-3H3. The second kappa shape index (κ2) is 6.65. The van der Waals surface area contributed by atoms with Crippen LogP contribution in [0.15, 0.2) is 36.7 Å². The van der Waals surface area contributed by atoms with E-state index in [1.54, 1.807) is 20.9 Å². The third-order valence-corrected chi connectivity index (χ3v) is 3.24. The molecule has 0 saturated heterocycles. The normalized spacial score (nSPS) is 12.9. The molecule has 2 aromatic rings. The predicted octanol–water partition coefficient (Wildman–Crippen LogP) is 0.686. The van der Waals surface area contributed by atoms with Crippen LogP contribution in [0.5, 0.6) is 0 Å². The van der Waals surface area contributed by atoms with Gasteiger partial charge < -0.3 is 10.0 Å². The van der Waals surface area contributed by atoms with Gasteiger partial charge in [-0.2, -0.15) is 0 Å². The summed E-state index contributed by atoms with van der Waals surface area (Å²) >= 11 is 0. The fourth-order valence-electron chi connectivity index (χ4n) is 2.36. The van der Waals surface area contributed by atoms with E-state index in [-0.39, 0.29) is 12.5 Å². The molecule has 0 bridgehead atoms. The number of rotatable bonds is 6. The van der Waals surface area contributed by atoms with Crippen molar-refractivity contribution in [3.05, 3.63) is 42.2 Å². The zero-order valence-electron chi connectivity index (χ0n) is 13.0. The predicted molar refractivity (Wildman–Crippen MR) is 80.9 cm³/mol. The van der Waals surface area contributed by atoms with Crippen LogP contribution in [0.1, 0.15) is 25.5 Å². The Bertz CT molecular complexity index is 592. The maximum absolute atomic E-state index is 12.7. The third-order valence-electron chi connectivity index (χ3n) is 3.24. The Morgan fingerprint density at radius 2 is 2.05 bits per heavy atom. The Morgan fingerprint density at radius 1 is 1.36 bits per heavy atom. The molecule has 1 aromatic heterocycles. The van der Waals surface area contributed by atoms with Gasteiger partial charge in [0.1, 0.15) is 12.4 Å². The van der Waals surface area contributed by atoms with Crippen molar-refractivity contribution >= 4 is 5.91 Å². The molecule has 7 nitrogen and oxygen atoms in total. The lowest BCUT2D eigenvalue weighted by molar-refractivity contribution is -0.136. The number of hydrogen-bond acceptors (Lipinski definition) is 5. The smallest absolute Gasteiger partial charge is 0.247 e. The lowest BCUT2D eigenvalue weighted by Crippen LogP contribution is -2.43. The van der Waals surface area contributed by atoms with Gasteiger partial charge in [0, 0.05) is 20.0 Å². The molecule has 0 fully saturated rings. The highest BCUT2D eigenvalue weighted by Crippen LogP contribution is 2.17. The van der Waals surface area contributed by atoms with E-state index in [1.807, 2.05) is 30.3 Å². The van der Waals surface area contributed by atoms with Crippen molar-refractivity contribution in [2.45, 2.75) is 31.9 Å². The second-order valence-corrected chi connectivity index (χ2v) is 6.00. The number of tetrazole rings is 1. The minimum atomic E-state index is -0.956. The van der Waals surface area contributed by atoms with Gasteiger partial charge in [-0.25, -0.2) is 4.68 Å². The Labute approximate surface area is 129 Å². The van der Waals surface area contributed by atoms with E-state index in [0.29, 0.717) is 6.42 Å². The average molecular weight is 303 g/mol. The molecular weight excluding hydrogens is 282 g/mol. The number of nitrogens with zero attached hydrogens (tertiary/aromatic N) is 5. The van der Waals surface area contributed by atoms with Gasteiger partial charge in [0.15, 0.2) is 0 Å². The van der Waals surface area contributed by atoms with Gasteiger partial charge in [-0.1, -0.05) is 30.3 Å². The summed E-state index contributed by atoms with van der Waals surface area (Å²) in [5, 5.41) is 21.0. The van der Waals surface area contributed by atoms with Crippen molar-refractivity contribution in [1.82, 2.24) is 25.1 Å². The van der Waals surface area contributed by atoms with E-state index in [2.05, 4.69) is 15.5 Å². The molecule has 0 saturated carbocycles. The lowest BCUT2D eigenvalue weighted by atomic mass is 10.0. The van der Waals surface area contributed by atoms with Crippen LogP contribution < -0.4 is 0 Å². The molecule has 7 heteroatoms. The highest BCUT2D eigenvalue weighted by atomic mass is 16.3. The number of hydrogen-bond donors (Lipinski definition) is 1. The number of likely N-dealkylation sites (N-methyl/N-ethyl adjacent to an activating group) is 1. The minimum Gasteiger partial charge on any atom is -0.389 e. The van der Waals surface area contributed by atoms with Gasteiger partial charge in [-0.3, -0.25) is 4.79 Å². The summed E-state index contributed by atoms with van der Waals surface area (Å²) in [4.78, 5) is 14.2. The van der Waals surface area contributed by atoms with Gasteiger partial charge in [0.05, 0.1) is 5.60 Å². The fraction of sp³-hybridized carbons (Fsp3) is 0.467. The largest absolute Gasteiger partial charge is 0.389 e. The SMILES string of the molecule is CN(CC(C)(C)O)C(=O)C(Cc1ccccc1)n1cnnn1. The van der Waals surface area contributed by atoms with Crippen LogP contribution in [0.2, 0.25) is 0 Å². The third kappa shape index (κ3) is 4.36. The van der Waals surface area contributed by atoms with Gasteiger partial charge in [0.2, 0.25) is 5.91 Å². The first-order chi connectivity index (χ1) is 10.4. The van der Waals surface area contributed by atoms with E-state index < -0.39 is 11.6 Å². The molecule has 1 unspecified atom stereocenters. The maximum Gasteiger partial charge on any atom is 0.247 e. The van der Waals surface area contributed by atoms with Crippen molar-refractivity contribution in [3.8, 4) is 0 Å². The molecule has 1 aromatic carbocycles. The number of carbonyl (C=O) groups excluding carboxylic acids is 1. The second-order valence-electron chi connectivity index (χ2n) is 6.00. The summed E-state index contributed by atoms with van der Waals surface area (Å²) in [6.07, 6.45) is 1.92. The fourth-order valence-corrected chi connectivity index (χ4v) is 2.36. The van der Waals surface area contributed by atoms with Crippen LogP contribution in [0.25, 0.3) is 0 Å². The van der Waals surface area contributed by atoms with Crippen LogP contribution >= 0.6 is 0 Å². The Balaban J connectivity index is 2.20. The summed E-state index contributed by atoms with van der Waals surface area (Å²) in [7, 11) is 1.67. The van der Waals surface area contributed by atoms with Gasteiger partial charge in [-0.15, -0.1) is 5.10 Å². The molecule has 0 aliphatic carbocycles. The zero-order chi connectivity index (χ0) is 16.2. The lowest BCUT2D eigenvalue weighted by Gasteiger charge is -2.28. The molecule has 2 rings (SSSR count). The highest BCUT2D eigenvalue weighted by molar-refractivity contribution is 5.80. The van der Waals surface area contributed by atoms with E-state index >= 15 is 0 Å². The molecule has 0 spiro atoms. The molecule has 1 N–H and O–H groups in total. The molecule has 118 valence electrons. The zero-order valence-corrected chi connectivity index (χ0v) is 13.0. The van der Waals surface area contributed by atoms with Crippen LogP contribution in [-0.2, 0) is 11.2 Å². The van der Waals surface area contributed by atoms with Crippen molar-refractivity contribution in [3.63, 3.8) is 0 Å². The number of carbonyl (C=O) groups is 1. The monoisotopic (exact) mass is 303 g/mol. The first-order valence-corrected chi connectivity index (χ1v) is 7.10. The van der Waals surface area contributed by atoms with E-state index in [0.717, 1.165) is 5.56 Å².